The fraction of sp³-hybridized carbons (Fsp3) is 0.350. The summed E-state index contributed by atoms with van der Waals surface area (Å²) in [5.41, 5.74) is 2.35. The van der Waals surface area contributed by atoms with Gasteiger partial charge in [0.1, 0.15) is 0 Å². The molecule has 1 heterocycles. The maximum absolute atomic E-state index is 10.8. The minimum atomic E-state index is -0.736. The molecule has 25 heavy (non-hydrogen) atoms. The van der Waals surface area contributed by atoms with Gasteiger partial charge in [0.05, 0.1) is 12.5 Å². The lowest BCUT2D eigenvalue weighted by Crippen LogP contribution is -2.48. The van der Waals surface area contributed by atoms with Crippen LogP contribution in [-0.2, 0) is 4.79 Å². The molecule has 1 saturated heterocycles. The van der Waals surface area contributed by atoms with E-state index in [1.165, 1.54) is 5.56 Å². The Morgan fingerprint density at radius 1 is 1.00 bits per heavy atom. The van der Waals surface area contributed by atoms with Gasteiger partial charge in [0.15, 0.2) is 0 Å². The molecule has 1 fully saturated rings. The number of carboxylic acid groups (broad SMARTS) is 1. The van der Waals surface area contributed by atoms with Gasteiger partial charge < -0.3 is 10.0 Å². The SMILES string of the molecule is O=C(O)CCN1CCN([C@H](c2ccccc2)c2ccccc2Cl)CC1. The number of halogens is 1. The quantitative estimate of drug-likeness (QED) is 0.858. The first-order valence-corrected chi connectivity index (χ1v) is 9.00. The molecule has 0 radical (unpaired) electrons. The monoisotopic (exact) mass is 358 g/mol. The second-order valence-electron chi connectivity index (χ2n) is 6.36. The lowest BCUT2D eigenvalue weighted by molar-refractivity contribution is -0.137. The predicted molar refractivity (Wildman–Crippen MR) is 100 cm³/mol. The number of piperazine rings is 1. The van der Waals surface area contributed by atoms with Gasteiger partial charge in [-0.2, -0.15) is 0 Å². The highest BCUT2D eigenvalue weighted by molar-refractivity contribution is 6.31. The van der Waals surface area contributed by atoms with Crippen molar-refractivity contribution in [1.29, 1.82) is 0 Å². The van der Waals surface area contributed by atoms with E-state index in [4.69, 9.17) is 16.7 Å². The largest absolute Gasteiger partial charge is 0.481 e. The van der Waals surface area contributed by atoms with Gasteiger partial charge in [0.2, 0.25) is 0 Å². The molecule has 0 aliphatic carbocycles. The zero-order valence-corrected chi connectivity index (χ0v) is 14.9. The Hall–Kier alpha value is -1.88. The summed E-state index contributed by atoms with van der Waals surface area (Å²) in [4.78, 5) is 15.4. The average Bonchev–Trinajstić information content (AvgIpc) is 2.64. The van der Waals surface area contributed by atoms with Crippen LogP contribution in [0.25, 0.3) is 0 Å². The Kier molecular flexibility index (Phi) is 6.08. The Balaban J connectivity index is 1.78. The molecule has 0 bridgehead atoms. The maximum atomic E-state index is 10.8. The van der Waals surface area contributed by atoms with Gasteiger partial charge in [-0.25, -0.2) is 0 Å². The topological polar surface area (TPSA) is 43.8 Å². The summed E-state index contributed by atoms with van der Waals surface area (Å²) in [6, 6.07) is 18.6. The van der Waals surface area contributed by atoms with Gasteiger partial charge >= 0.3 is 5.97 Å². The number of nitrogens with zero attached hydrogens (tertiary/aromatic N) is 2. The first-order valence-electron chi connectivity index (χ1n) is 8.62. The summed E-state index contributed by atoms with van der Waals surface area (Å²) in [5.74, 6) is -0.736. The number of aliphatic carboxylic acids is 1. The third-order valence-corrected chi connectivity index (χ3v) is 5.07. The van der Waals surface area contributed by atoms with E-state index in [2.05, 4.69) is 40.1 Å². The van der Waals surface area contributed by atoms with E-state index in [-0.39, 0.29) is 12.5 Å². The zero-order chi connectivity index (χ0) is 17.6. The molecule has 132 valence electrons. The molecule has 1 N–H and O–H groups in total. The summed E-state index contributed by atoms with van der Waals surface area (Å²) in [5, 5.41) is 9.64. The number of rotatable bonds is 6. The normalized spacial score (nSPS) is 17.3. The molecule has 1 aliphatic heterocycles. The average molecular weight is 359 g/mol. The van der Waals surface area contributed by atoms with Crippen molar-refractivity contribution in [2.45, 2.75) is 12.5 Å². The molecule has 0 aromatic heterocycles. The molecule has 0 saturated carbocycles. The van der Waals surface area contributed by atoms with Crippen molar-refractivity contribution in [2.24, 2.45) is 0 Å². The highest BCUT2D eigenvalue weighted by atomic mass is 35.5. The Morgan fingerprint density at radius 2 is 1.64 bits per heavy atom. The van der Waals surface area contributed by atoms with Crippen LogP contribution in [0.4, 0.5) is 0 Å². The molecule has 0 spiro atoms. The molecule has 1 aliphatic rings. The van der Waals surface area contributed by atoms with Crippen molar-refractivity contribution < 1.29 is 9.90 Å². The first-order chi connectivity index (χ1) is 12.1. The van der Waals surface area contributed by atoms with Crippen molar-refractivity contribution in [1.82, 2.24) is 9.80 Å². The van der Waals surface area contributed by atoms with Crippen LogP contribution in [0, 0.1) is 0 Å². The van der Waals surface area contributed by atoms with Crippen LogP contribution in [0.15, 0.2) is 54.6 Å². The molecule has 4 nitrogen and oxygen atoms in total. The van der Waals surface area contributed by atoms with Crippen LogP contribution in [0.1, 0.15) is 23.6 Å². The van der Waals surface area contributed by atoms with Crippen molar-refractivity contribution in [3.05, 3.63) is 70.7 Å². The van der Waals surface area contributed by atoms with Crippen LogP contribution < -0.4 is 0 Å². The highest BCUT2D eigenvalue weighted by Crippen LogP contribution is 2.33. The molecular weight excluding hydrogens is 336 g/mol. The Bertz CT molecular complexity index is 700. The van der Waals surface area contributed by atoms with E-state index in [0.29, 0.717) is 6.54 Å². The van der Waals surface area contributed by atoms with E-state index in [1.807, 2.05) is 24.3 Å². The van der Waals surface area contributed by atoms with Crippen molar-refractivity contribution in [3.63, 3.8) is 0 Å². The van der Waals surface area contributed by atoms with Crippen molar-refractivity contribution in [2.75, 3.05) is 32.7 Å². The Labute approximate surface area is 153 Å². The summed E-state index contributed by atoms with van der Waals surface area (Å²) >= 11 is 6.50. The maximum Gasteiger partial charge on any atom is 0.304 e. The molecule has 2 aromatic rings. The molecule has 0 amide bonds. The fourth-order valence-corrected chi connectivity index (χ4v) is 3.66. The van der Waals surface area contributed by atoms with Crippen LogP contribution in [-0.4, -0.2) is 53.6 Å². The molecule has 5 heteroatoms. The third kappa shape index (κ3) is 4.60. The standard InChI is InChI=1S/C20H23ClN2O2/c21-18-9-5-4-8-17(18)20(16-6-2-1-3-7-16)23-14-12-22(13-15-23)11-10-19(24)25/h1-9,20H,10-15H2,(H,24,25)/t20-/m1/s1. The summed E-state index contributed by atoms with van der Waals surface area (Å²) in [7, 11) is 0. The minimum Gasteiger partial charge on any atom is -0.481 e. The van der Waals surface area contributed by atoms with Gasteiger partial charge in [0, 0.05) is 37.7 Å². The van der Waals surface area contributed by atoms with Gasteiger partial charge in [-0.15, -0.1) is 0 Å². The van der Waals surface area contributed by atoms with Gasteiger partial charge in [-0.1, -0.05) is 60.1 Å². The second kappa shape index (κ2) is 8.48. The molecular formula is C20H23ClN2O2. The molecule has 3 rings (SSSR count). The van der Waals surface area contributed by atoms with E-state index in [0.717, 1.165) is 36.8 Å². The van der Waals surface area contributed by atoms with Gasteiger partial charge in [-0.3, -0.25) is 9.69 Å². The number of hydrogen-bond donors (Lipinski definition) is 1. The van der Waals surface area contributed by atoms with Crippen LogP contribution in [0.5, 0.6) is 0 Å². The molecule has 0 unspecified atom stereocenters. The van der Waals surface area contributed by atoms with Gasteiger partial charge in [0.25, 0.3) is 0 Å². The van der Waals surface area contributed by atoms with Crippen molar-refractivity contribution >= 4 is 17.6 Å². The van der Waals surface area contributed by atoms with Crippen molar-refractivity contribution in [3.8, 4) is 0 Å². The second-order valence-corrected chi connectivity index (χ2v) is 6.76. The Morgan fingerprint density at radius 3 is 2.28 bits per heavy atom. The number of carboxylic acids is 1. The number of carbonyl (C=O) groups is 1. The predicted octanol–water partition coefficient (Wildman–Crippen LogP) is 3.52. The van der Waals surface area contributed by atoms with E-state index in [9.17, 15) is 4.79 Å². The van der Waals surface area contributed by atoms with Crippen LogP contribution >= 0.6 is 11.6 Å². The van der Waals surface area contributed by atoms with Crippen LogP contribution in [0.3, 0.4) is 0 Å². The van der Waals surface area contributed by atoms with Gasteiger partial charge in [-0.05, 0) is 17.2 Å². The lowest BCUT2D eigenvalue weighted by atomic mass is 9.96. The minimum absolute atomic E-state index is 0.122. The fourth-order valence-electron chi connectivity index (χ4n) is 3.42. The van der Waals surface area contributed by atoms with E-state index < -0.39 is 5.97 Å². The van der Waals surface area contributed by atoms with E-state index >= 15 is 0 Å². The molecule has 1 atom stereocenters. The zero-order valence-electron chi connectivity index (χ0n) is 14.1. The highest BCUT2D eigenvalue weighted by Gasteiger charge is 2.27. The summed E-state index contributed by atoms with van der Waals surface area (Å²) in [6.07, 6.45) is 0.201. The first kappa shape index (κ1) is 17.9. The third-order valence-electron chi connectivity index (χ3n) is 4.73. The molecule has 2 aromatic carbocycles. The number of hydrogen-bond acceptors (Lipinski definition) is 3. The summed E-state index contributed by atoms with van der Waals surface area (Å²) < 4.78 is 0. The van der Waals surface area contributed by atoms with E-state index in [1.54, 1.807) is 0 Å². The smallest absolute Gasteiger partial charge is 0.304 e. The number of benzene rings is 2. The lowest BCUT2D eigenvalue weighted by Gasteiger charge is -2.40. The summed E-state index contributed by atoms with van der Waals surface area (Å²) in [6.45, 7) is 4.15. The van der Waals surface area contributed by atoms with Crippen LogP contribution in [0.2, 0.25) is 5.02 Å².